The molecule has 3 aromatic rings. The van der Waals surface area contributed by atoms with E-state index in [0.29, 0.717) is 34.8 Å². The van der Waals surface area contributed by atoms with Gasteiger partial charge in [0, 0.05) is 24.4 Å². The fraction of sp³-hybridized carbons (Fsp3) is 0.250. The maximum atomic E-state index is 12.6. The van der Waals surface area contributed by atoms with Gasteiger partial charge in [0.2, 0.25) is 5.91 Å². The zero-order valence-electron chi connectivity index (χ0n) is 14.9. The van der Waals surface area contributed by atoms with Gasteiger partial charge < -0.3 is 5.32 Å². The number of nitrogens with one attached hydrogen (secondary N) is 1. The van der Waals surface area contributed by atoms with Crippen molar-refractivity contribution in [3.63, 3.8) is 0 Å². The number of carbonyl (C=O) groups is 1. The molecule has 0 aliphatic carbocycles. The van der Waals surface area contributed by atoms with E-state index in [4.69, 9.17) is 0 Å². The highest BCUT2D eigenvalue weighted by Crippen LogP contribution is 2.19. The molecule has 0 atom stereocenters. The summed E-state index contributed by atoms with van der Waals surface area (Å²) in [5, 5.41) is 4.20. The Morgan fingerprint density at radius 3 is 2.65 bits per heavy atom. The normalized spacial score (nSPS) is 10.8. The highest BCUT2D eigenvalue weighted by atomic mass is 32.2. The maximum Gasteiger partial charge on any atom is 0.262 e. The van der Waals surface area contributed by atoms with Crippen LogP contribution in [-0.2, 0) is 11.3 Å². The Balaban J connectivity index is 1.69. The third kappa shape index (κ3) is 3.96. The molecule has 5 nitrogen and oxygen atoms in total. The summed E-state index contributed by atoms with van der Waals surface area (Å²) in [6, 6.07) is 15.0. The topological polar surface area (TPSA) is 64.0 Å². The minimum Gasteiger partial charge on any atom is -0.326 e. The van der Waals surface area contributed by atoms with Crippen molar-refractivity contribution in [1.29, 1.82) is 0 Å². The number of para-hydroxylation sites is 2. The molecule has 0 bridgehead atoms. The first-order chi connectivity index (χ1) is 12.6. The van der Waals surface area contributed by atoms with Gasteiger partial charge in [-0.05, 0) is 37.6 Å². The number of hydrogen-bond acceptors (Lipinski definition) is 4. The molecule has 0 saturated carbocycles. The lowest BCUT2D eigenvalue weighted by Crippen LogP contribution is -2.22. The van der Waals surface area contributed by atoms with Crippen LogP contribution in [-0.4, -0.2) is 21.2 Å². The second-order valence-electron chi connectivity index (χ2n) is 5.92. The molecule has 0 spiro atoms. The molecule has 0 fully saturated rings. The second kappa shape index (κ2) is 8.19. The first-order valence-electron chi connectivity index (χ1n) is 8.58. The van der Waals surface area contributed by atoms with Gasteiger partial charge in [-0.25, -0.2) is 4.98 Å². The lowest BCUT2D eigenvalue weighted by Gasteiger charge is -2.11. The number of aromatic nitrogens is 2. The van der Waals surface area contributed by atoms with Gasteiger partial charge in [0.15, 0.2) is 5.16 Å². The Bertz CT molecular complexity index is 998. The van der Waals surface area contributed by atoms with Crippen molar-refractivity contribution >= 4 is 34.3 Å². The molecule has 1 N–H and O–H groups in total. The Morgan fingerprint density at radius 1 is 1.15 bits per heavy atom. The quantitative estimate of drug-likeness (QED) is 0.531. The number of thioether (sulfide) groups is 1. The van der Waals surface area contributed by atoms with Crippen molar-refractivity contribution < 1.29 is 4.79 Å². The molecule has 1 aromatic heterocycles. The monoisotopic (exact) mass is 367 g/mol. The molecule has 134 valence electrons. The number of nitrogens with zero attached hydrogens (tertiary/aromatic N) is 2. The standard InChI is InChI=1S/C20H21N3O2S/c1-3-23-19(25)15-9-5-7-11-17(15)22-20(23)26-13-12-18(24)21-16-10-6-4-8-14(16)2/h4-11H,3,12-13H2,1-2H3,(H,21,24). The molecule has 1 heterocycles. The zero-order valence-corrected chi connectivity index (χ0v) is 15.7. The molecule has 3 rings (SSSR count). The number of benzene rings is 2. The van der Waals surface area contributed by atoms with Gasteiger partial charge in [-0.2, -0.15) is 0 Å². The zero-order chi connectivity index (χ0) is 18.5. The number of carbonyl (C=O) groups excluding carboxylic acids is 1. The maximum absolute atomic E-state index is 12.6. The number of rotatable bonds is 6. The summed E-state index contributed by atoms with van der Waals surface area (Å²) < 4.78 is 1.66. The predicted octanol–water partition coefficient (Wildman–Crippen LogP) is 3.85. The van der Waals surface area contributed by atoms with Crippen molar-refractivity contribution in [2.45, 2.75) is 32.0 Å². The number of hydrogen-bond donors (Lipinski definition) is 1. The van der Waals surface area contributed by atoms with E-state index >= 15 is 0 Å². The predicted molar refractivity (Wildman–Crippen MR) is 107 cm³/mol. The molecule has 0 saturated heterocycles. The van der Waals surface area contributed by atoms with Crippen LogP contribution in [0.2, 0.25) is 0 Å². The Labute approximate surface area is 156 Å². The summed E-state index contributed by atoms with van der Waals surface area (Å²) in [5.74, 6) is 0.514. The van der Waals surface area contributed by atoms with Crippen LogP contribution in [0, 0.1) is 6.92 Å². The number of fused-ring (bicyclic) bond motifs is 1. The smallest absolute Gasteiger partial charge is 0.262 e. The van der Waals surface area contributed by atoms with E-state index in [1.54, 1.807) is 10.6 Å². The van der Waals surface area contributed by atoms with Gasteiger partial charge in [0.25, 0.3) is 5.56 Å². The molecule has 2 aromatic carbocycles. The number of anilines is 1. The fourth-order valence-electron chi connectivity index (χ4n) is 2.70. The first-order valence-corrected chi connectivity index (χ1v) is 9.56. The molecule has 0 unspecified atom stereocenters. The van der Waals surface area contributed by atoms with Crippen LogP contribution in [0.3, 0.4) is 0 Å². The van der Waals surface area contributed by atoms with Crippen LogP contribution in [0.1, 0.15) is 18.9 Å². The third-order valence-electron chi connectivity index (χ3n) is 4.12. The molecule has 0 aliphatic heterocycles. The molecule has 0 radical (unpaired) electrons. The molecular weight excluding hydrogens is 346 g/mol. The van der Waals surface area contributed by atoms with Crippen molar-refractivity contribution in [2.75, 3.05) is 11.1 Å². The summed E-state index contributed by atoms with van der Waals surface area (Å²) in [6.07, 6.45) is 0.353. The second-order valence-corrected chi connectivity index (χ2v) is 6.98. The van der Waals surface area contributed by atoms with E-state index < -0.39 is 0 Å². The average Bonchev–Trinajstić information content (AvgIpc) is 2.64. The van der Waals surface area contributed by atoms with Crippen LogP contribution >= 0.6 is 11.8 Å². The molecular formula is C20H21N3O2S. The minimum atomic E-state index is -0.0435. The highest BCUT2D eigenvalue weighted by molar-refractivity contribution is 7.99. The van der Waals surface area contributed by atoms with E-state index in [1.165, 1.54) is 11.8 Å². The Kier molecular flexibility index (Phi) is 5.73. The molecule has 0 aliphatic rings. The van der Waals surface area contributed by atoms with Gasteiger partial charge in [-0.15, -0.1) is 0 Å². The third-order valence-corrected chi connectivity index (χ3v) is 5.10. The van der Waals surface area contributed by atoms with Crippen LogP contribution in [0.5, 0.6) is 0 Å². The van der Waals surface area contributed by atoms with Crippen LogP contribution < -0.4 is 10.9 Å². The van der Waals surface area contributed by atoms with Gasteiger partial charge >= 0.3 is 0 Å². The summed E-state index contributed by atoms with van der Waals surface area (Å²) in [5.41, 5.74) is 2.51. The van der Waals surface area contributed by atoms with Crippen LogP contribution in [0.25, 0.3) is 10.9 Å². The molecule has 6 heteroatoms. The average molecular weight is 367 g/mol. The van der Waals surface area contributed by atoms with E-state index in [2.05, 4.69) is 10.3 Å². The number of aryl methyl sites for hydroxylation is 1. The lowest BCUT2D eigenvalue weighted by molar-refractivity contribution is -0.115. The van der Waals surface area contributed by atoms with Crippen molar-refractivity contribution in [3.8, 4) is 0 Å². The lowest BCUT2D eigenvalue weighted by atomic mass is 10.2. The van der Waals surface area contributed by atoms with Crippen molar-refractivity contribution in [2.24, 2.45) is 0 Å². The minimum absolute atomic E-state index is 0.0371. The Morgan fingerprint density at radius 2 is 1.88 bits per heavy atom. The van der Waals surface area contributed by atoms with E-state index in [-0.39, 0.29) is 11.5 Å². The highest BCUT2D eigenvalue weighted by Gasteiger charge is 2.11. The van der Waals surface area contributed by atoms with Crippen LogP contribution in [0.4, 0.5) is 5.69 Å². The largest absolute Gasteiger partial charge is 0.326 e. The van der Waals surface area contributed by atoms with Crippen molar-refractivity contribution in [1.82, 2.24) is 9.55 Å². The van der Waals surface area contributed by atoms with Crippen molar-refractivity contribution in [3.05, 3.63) is 64.4 Å². The summed E-state index contributed by atoms with van der Waals surface area (Å²) in [7, 11) is 0. The van der Waals surface area contributed by atoms with Gasteiger partial charge in [-0.1, -0.05) is 42.1 Å². The molecule has 26 heavy (non-hydrogen) atoms. The number of amides is 1. The van der Waals surface area contributed by atoms with E-state index in [1.807, 2.05) is 56.3 Å². The van der Waals surface area contributed by atoms with Gasteiger partial charge in [0.1, 0.15) is 0 Å². The molecule has 1 amide bonds. The van der Waals surface area contributed by atoms with E-state index in [0.717, 1.165) is 11.3 Å². The Hall–Kier alpha value is -2.60. The fourth-order valence-corrected chi connectivity index (χ4v) is 3.70. The summed E-state index contributed by atoms with van der Waals surface area (Å²) in [4.78, 5) is 29.4. The summed E-state index contributed by atoms with van der Waals surface area (Å²) >= 11 is 1.43. The SMILES string of the molecule is CCn1c(SCCC(=O)Nc2ccccc2C)nc2ccccc2c1=O. The summed E-state index contributed by atoms with van der Waals surface area (Å²) in [6.45, 7) is 4.44. The van der Waals surface area contributed by atoms with Gasteiger partial charge in [-0.3, -0.25) is 14.2 Å². The van der Waals surface area contributed by atoms with Gasteiger partial charge in [0.05, 0.1) is 10.9 Å². The van der Waals surface area contributed by atoms with Crippen LogP contribution in [0.15, 0.2) is 58.5 Å². The first kappa shape index (κ1) is 18.2. The van der Waals surface area contributed by atoms with E-state index in [9.17, 15) is 9.59 Å².